The molecule has 2 unspecified atom stereocenters. The van der Waals surface area contributed by atoms with E-state index >= 15 is 0 Å². The maximum atomic E-state index is 12.7. The number of ether oxygens (including phenoxy) is 4. The van der Waals surface area contributed by atoms with Crippen LogP contribution in [0.2, 0.25) is 0 Å². The standard InChI is InChI=1S/C22H20O7/c1-26-21(24)14-7-9-15(10-8-14)22(25)29-17-12-28-19-16(11-27-20(17)19)18(23)13-5-3-2-4-6-13/h2-10,16-17,19-20H,11-12H2,1H3/t16-,17-,19?,20?/m0/s1. The molecule has 2 saturated heterocycles. The molecule has 4 rings (SSSR count). The van der Waals surface area contributed by atoms with E-state index in [1.54, 1.807) is 12.1 Å². The van der Waals surface area contributed by atoms with Crippen LogP contribution in [0.1, 0.15) is 31.1 Å². The molecule has 7 heteroatoms. The summed E-state index contributed by atoms with van der Waals surface area (Å²) in [6, 6.07) is 15.0. The van der Waals surface area contributed by atoms with Crippen molar-refractivity contribution in [1.29, 1.82) is 0 Å². The molecule has 2 aliphatic rings. The van der Waals surface area contributed by atoms with E-state index < -0.39 is 36.2 Å². The highest BCUT2D eigenvalue weighted by Gasteiger charge is 2.51. The fraction of sp³-hybridized carbons (Fsp3) is 0.318. The van der Waals surface area contributed by atoms with Crippen molar-refractivity contribution in [1.82, 2.24) is 0 Å². The summed E-state index contributed by atoms with van der Waals surface area (Å²) in [6.07, 6.45) is -1.52. The summed E-state index contributed by atoms with van der Waals surface area (Å²) in [5, 5.41) is 0. The number of ketones is 1. The molecule has 2 heterocycles. The Kier molecular flexibility index (Phi) is 5.42. The molecule has 0 aromatic heterocycles. The number of esters is 2. The lowest BCUT2D eigenvalue weighted by molar-refractivity contribution is -0.0158. The number of methoxy groups -OCH3 is 1. The van der Waals surface area contributed by atoms with Crippen molar-refractivity contribution >= 4 is 17.7 Å². The van der Waals surface area contributed by atoms with Crippen molar-refractivity contribution in [3.63, 3.8) is 0 Å². The second-order valence-corrected chi connectivity index (χ2v) is 6.95. The molecular weight excluding hydrogens is 376 g/mol. The third-order valence-electron chi connectivity index (χ3n) is 5.20. The molecule has 0 N–H and O–H groups in total. The molecule has 29 heavy (non-hydrogen) atoms. The summed E-state index contributed by atoms with van der Waals surface area (Å²) in [5.41, 5.74) is 1.25. The van der Waals surface area contributed by atoms with Gasteiger partial charge in [-0.1, -0.05) is 30.3 Å². The summed E-state index contributed by atoms with van der Waals surface area (Å²) >= 11 is 0. The number of hydrogen-bond donors (Lipinski definition) is 0. The molecule has 2 aliphatic heterocycles. The van der Waals surface area contributed by atoms with E-state index in [0.717, 1.165) is 0 Å². The highest BCUT2D eigenvalue weighted by atomic mass is 16.6. The van der Waals surface area contributed by atoms with Gasteiger partial charge in [0.1, 0.15) is 6.10 Å². The molecule has 4 atom stereocenters. The molecule has 0 radical (unpaired) electrons. The van der Waals surface area contributed by atoms with Crippen LogP contribution in [0.25, 0.3) is 0 Å². The molecule has 2 fully saturated rings. The van der Waals surface area contributed by atoms with Crippen LogP contribution in [0.4, 0.5) is 0 Å². The van der Waals surface area contributed by atoms with Gasteiger partial charge >= 0.3 is 11.9 Å². The molecule has 0 amide bonds. The summed E-state index contributed by atoms with van der Waals surface area (Å²) < 4.78 is 21.7. The molecule has 150 valence electrons. The van der Waals surface area contributed by atoms with Gasteiger partial charge in [0.25, 0.3) is 0 Å². The normalized spacial score (nSPS) is 25.3. The van der Waals surface area contributed by atoms with Gasteiger partial charge in [-0.05, 0) is 24.3 Å². The van der Waals surface area contributed by atoms with Crippen LogP contribution in [0.5, 0.6) is 0 Å². The zero-order valence-electron chi connectivity index (χ0n) is 15.8. The first-order valence-corrected chi connectivity index (χ1v) is 9.30. The van der Waals surface area contributed by atoms with Crippen LogP contribution in [0.15, 0.2) is 54.6 Å². The average Bonchev–Trinajstić information content (AvgIpc) is 3.36. The van der Waals surface area contributed by atoms with Gasteiger partial charge in [-0.2, -0.15) is 0 Å². The van der Waals surface area contributed by atoms with Gasteiger partial charge in [0.2, 0.25) is 0 Å². The number of benzene rings is 2. The van der Waals surface area contributed by atoms with Gasteiger partial charge in [-0.15, -0.1) is 0 Å². The van der Waals surface area contributed by atoms with E-state index in [2.05, 4.69) is 4.74 Å². The van der Waals surface area contributed by atoms with Crippen molar-refractivity contribution in [3.8, 4) is 0 Å². The molecule has 0 aliphatic carbocycles. The van der Waals surface area contributed by atoms with Crippen LogP contribution >= 0.6 is 0 Å². The minimum atomic E-state index is -0.596. The molecule has 7 nitrogen and oxygen atoms in total. The van der Waals surface area contributed by atoms with Crippen LogP contribution in [-0.2, 0) is 18.9 Å². The fourth-order valence-electron chi connectivity index (χ4n) is 3.67. The van der Waals surface area contributed by atoms with E-state index in [1.165, 1.54) is 31.4 Å². The summed E-state index contributed by atoms with van der Waals surface area (Å²) in [6.45, 7) is 0.394. The number of carbonyl (C=O) groups excluding carboxylic acids is 3. The van der Waals surface area contributed by atoms with Crippen LogP contribution in [-0.4, -0.2) is 56.4 Å². The Labute approximate surface area is 167 Å². The largest absolute Gasteiger partial charge is 0.465 e. The topological polar surface area (TPSA) is 88.1 Å². The molecule has 0 saturated carbocycles. The van der Waals surface area contributed by atoms with Gasteiger partial charge < -0.3 is 18.9 Å². The first-order chi connectivity index (χ1) is 14.1. The SMILES string of the molecule is COC(=O)c1ccc(C(=O)O[C@H]2COC3C2OC[C@H]3C(=O)c2ccccc2)cc1. The van der Waals surface area contributed by atoms with E-state index in [-0.39, 0.29) is 19.0 Å². The second kappa shape index (κ2) is 8.14. The van der Waals surface area contributed by atoms with Crippen molar-refractivity contribution in [2.45, 2.75) is 18.3 Å². The van der Waals surface area contributed by atoms with Crippen LogP contribution in [0, 0.1) is 5.92 Å². The van der Waals surface area contributed by atoms with Crippen molar-refractivity contribution < 1.29 is 33.3 Å². The van der Waals surface area contributed by atoms with Crippen molar-refractivity contribution in [2.75, 3.05) is 20.3 Å². The van der Waals surface area contributed by atoms with Crippen LogP contribution in [0.3, 0.4) is 0 Å². The molecule has 2 aromatic rings. The highest BCUT2D eigenvalue weighted by molar-refractivity contribution is 5.98. The van der Waals surface area contributed by atoms with E-state index in [1.807, 2.05) is 18.2 Å². The molecule has 0 bridgehead atoms. The number of hydrogen-bond acceptors (Lipinski definition) is 7. The van der Waals surface area contributed by atoms with E-state index in [0.29, 0.717) is 16.7 Å². The fourth-order valence-corrected chi connectivity index (χ4v) is 3.67. The number of rotatable bonds is 5. The lowest BCUT2D eigenvalue weighted by Crippen LogP contribution is -2.34. The number of carbonyl (C=O) groups is 3. The minimum absolute atomic E-state index is 0.0384. The van der Waals surface area contributed by atoms with Gasteiger partial charge in [0, 0.05) is 5.56 Å². The zero-order chi connectivity index (χ0) is 20.4. The first kappa shape index (κ1) is 19.3. The smallest absolute Gasteiger partial charge is 0.338 e. The Bertz CT molecular complexity index is 907. The summed E-state index contributed by atoms with van der Waals surface area (Å²) in [4.78, 5) is 36.7. The Morgan fingerprint density at radius 3 is 2.07 bits per heavy atom. The van der Waals surface area contributed by atoms with E-state index in [4.69, 9.17) is 14.2 Å². The summed E-state index contributed by atoms with van der Waals surface area (Å²) in [5.74, 6) is -1.49. The molecule has 2 aromatic carbocycles. The van der Waals surface area contributed by atoms with Gasteiger partial charge in [0.05, 0.1) is 43.5 Å². The average molecular weight is 396 g/mol. The van der Waals surface area contributed by atoms with Gasteiger partial charge in [-0.25, -0.2) is 9.59 Å². The predicted molar refractivity (Wildman–Crippen MR) is 101 cm³/mol. The third-order valence-corrected chi connectivity index (χ3v) is 5.20. The third kappa shape index (κ3) is 3.79. The minimum Gasteiger partial charge on any atom is -0.465 e. The molecule has 0 spiro atoms. The Hall–Kier alpha value is -3.03. The van der Waals surface area contributed by atoms with Crippen LogP contribution < -0.4 is 0 Å². The monoisotopic (exact) mass is 396 g/mol. The Morgan fingerprint density at radius 1 is 0.793 bits per heavy atom. The maximum absolute atomic E-state index is 12.7. The Morgan fingerprint density at radius 2 is 1.41 bits per heavy atom. The lowest BCUT2D eigenvalue weighted by atomic mass is 9.92. The second-order valence-electron chi connectivity index (χ2n) is 6.95. The number of fused-ring (bicyclic) bond motifs is 1. The zero-order valence-corrected chi connectivity index (χ0v) is 15.8. The highest BCUT2D eigenvalue weighted by Crippen LogP contribution is 2.34. The Balaban J connectivity index is 1.40. The lowest BCUT2D eigenvalue weighted by Gasteiger charge is -2.17. The van der Waals surface area contributed by atoms with Crippen molar-refractivity contribution in [3.05, 3.63) is 71.3 Å². The quantitative estimate of drug-likeness (QED) is 0.566. The number of Topliss-reactive ketones (excluding diaryl/α,β-unsaturated/α-hetero) is 1. The molecular formula is C22H20O7. The van der Waals surface area contributed by atoms with E-state index in [9.17, 15) is 14.4 Å². The predicted octanol–water partition coefficient (Wildman–Crippen LogP) is 2.30. The van der Waals surface area contributed by atoms with Crippen molar-refractivity contribution in [2.24, 2.45) is 5.92 Å². The maximum Gasteiger partial charge on any atom is 0.338 e. The first-order valence-electron chi connectivity index (χ1n) is 9.30. The van der Waals surface area contributed by atoms with Gasteiger partial charge in [-0.3, -0.25) is 4.79 Å². The van der Waals surface area contributed by atoms with Gasteiger partial charge in [0.15, 0.2) is 11.9 Å². The summed E-state index contributed by atoms with van der Waals surface area (Å²) in [7, 11) is 1.29.